The van der Waals surface area contributed by atoms with Gasteiger partial charge < -0.3 is 10.6 Å². The highest BCUT2D eigenvalue weighted by molar-refractivity contribution is 5.78. The number of nitrogens with zero attached hydrogens (tertiary/aromatic N) is 1. The molecule has 2 saturated carbocycles. The van der Waals surface area contributed by atoms with E-state index in [4.69, 9.17) is 5.26 Å². The van der Waals surface area contributed by atoms with E-state index < -0.39 is 0 Å². The second-order valence-corrected chi connectivity index (χ2v) is 4.68. The fourth-order valence-electron chi connectivity index (χ4n) is 2.21. The van der Waals surface area contributed by atoms with Crippen molar-refractivity contribution in [2.45, 2.75) is 25.7 Å². The van der Waals surface area contributed by atoms with Gasteiger partial charge in [0, 0.05) is 6.54 Å². The minimum absolute atomic E-state index is 0.0804. The second-order valence-electron chi connectivity index (χ2n) is 4.68. The van der Waals surface area contributed by atoms with Crippen LogP contribution >= 0.6 is 0 Å². The first-order valence-electron chi connectivity index (χ1n) is 5.61. The van der Waals surface area contributed by atoms with Gasteiger partial charge in [0.2, 0.25) is 5.91 Å². The van der Waals surface area contributed by atoms with Crippen molar-refractivity contribution in [3.8, 4) is 6.07 Å². The molecular weight excluding hydrogens is 190 g/mol. The van der Waals surface area contributed by atoms with Gasteiger partial charge in [-0.05, 0) is 37.0 Å². The van der Waals surface area contributed by atoms with Crippen molar-refractivity contribution in [1.82, 2.24) is 10.6 Å². The van der Waals surface area contributed by atoms with Crippen molar-refractivity contribution in [3.63, 3.8) is 0 Å². The van der Waals surface area contributed by atoms with E-state index in [0.29, 0.717) is 12.0 Å². The van der Waals surface area contributed by atoms with Crippen molar-refractivity contribution >= 4 is 5.91 Å². The third-order valence-corrected chi connectivity index (χ3v) is 3.46. The molecule has 0 unspecified atom stereocenters. The van der Waals surface area contributed by atoms with E-state index in [1.54, 1.807) is 0 Å². The van der Waals surface area contributed by atoms with Crippen LogP contribution < -0.4 is 10.6 Å². The summed E-state index contributed by atoms with van der Waals surface area (Å²) in [5.41, 5.74) is 0.537. The fourth-order valence-corrected chi connectivity index (χ4v) is 2.21. The lowest BCUT2D eigenvalue weighted by atomic mass is 10.0. The molecule has 4 nitrogen and oxygen atoms in total. The smallest absolute Gasteiger partial charge is 0.234 e. The largest absolute Gasteiger partial charge is 0.342 e. The molecule has 0 spiro atoms. The number of hydrogen-bond acceptors (Lipinski definition) is 3. The van der Waals surface area contributed by atoms with Crippen molar-refractivity contribution < 1.29 is 4.79 Å². The maximum Gasteiger partial charge on any atom is 0.234 e. The summed E-state index contributed by atoms with van der Waals surface area (Å²) in [5.74, 6) is 0.843. The lowest BCUT2D eigenvalue weighted by Crippen LogP contribution is -2.37. The molecule has 0 atom stereocenters. The molecule has 0 bridgehead atoms. The Labute approximate surface area is 90.0 Å². The van der Waals surface area contributed by atoms with Crippen LogP contribution in [-0.4, -0.2) is 25.5 Å². The third kappa shape index (κ3) is 2.69. The minimum atomic E-state index is -0.0804. The summed E-state index contributed by atoms with van der Waals surface area (Å²) in [5, 5.41) is 14.0. The quantitative estimate of drug-likeness (QED) is 0.620. The molecule has 0 aromatic heterocycles. The molecule has 0 aromatic rings. The lowest BCUT2D eigenvalue weighted by molar-refractivity contribution is -0.120. The zero-order valence-corrected chi connectivity index (χ0v) is 8.88. The Bertz CT molecular complexity index is 287. The molecule has 0 aromatic carbocycles. The van der Waals surface area contributed by atoms with Gasteiger partial charge in [-0.1, -0.05) is 0 Å². The molecule has 4 heteroatoms. The Morgan fingerprint density at radius 1 is 1.47 bits per heavy atom. The Morgan fingerprint density at radius 2 is 2.20 bits per heavy atom. The molecule has 0 saturated heterocycles. The molecule has 2 N–H and O–H groups in total. The van der Waals surface area contributed by atoms with Crippen molar-refractivity contribution in [2.75, 3.05) is 19.6 Å². The zero-order valence-electron chi connectivity index (χ0n) is 8.88. The third-order valence-electron chi connectivity index (χ3n) is 3.46. The van der Waals surface area contributed by atoms with Crippen LogP contribution in [0.15, 0.2) is 0 Å². The molecule has 82 valence electrons. The molecule has 0 heterocycles. The summed E-state index contributed by atoms with van der Waals surface area (Å²) in [6.45, 7) is 1.42. The number of nitriles is 1. The summed E-state index contributed by atoms with van der Waals surface area (Å²) >= 11 is 0. The van der Waals surface area contributed by atoms with Gasteiger partial charge in [-0.2, -0.15) is 5.26 Å². The van der Waals surface area contributed by atoms with Crippen molar-refractivity contribution in [3.05, 3.63) is 0 Å². The first kappa shape index (κ1) is 10.4. The molecule has 0 radical (unpaired) electrons. The molecule has 15 heavy (non-hydrogen) atoms. The van der Waals surface area contributed by atoms with Gasteiger partial charge in [0.05, 0.1) is 12.6 Å². The maximum atomic E-state index is 11.2. The first-order chi connectivity index (χ1) is 7.27. The standard InChI is InChI=1S/C11H17N3O/c12-5-6-14-10(15)7-13-8-11(3-4-11)9-1-2-9/h9,13H,1-4,6-8H2,(H,14,15). The van der Waals surface area contributed by atoms with Gasteiger partial charge in [0.25, 0.3) is 0 Å². The van der Waals surface area contributed by atoms with Gasteiger partial charge in [0.1, 0.15) is 6.54 Å². The fraction of sp³-hybridized carbons (Fsp3) is 0.818. The molecular formula is C11H17N3O. The highest BCUT2D eigenvalue weighted by Gasteiger charge is 2.53. The average molecular weight is 207 g/mol. The predicted octanol–water partition coefficient (Wildman–Crippen LogP) is 0.406. The van der Waals surface area contributed by atoms with Crippen LogP contribution in [0.25, 0.3) is 0 Å². The van der Waals surface area contributed by atoms with Gasteiger partial charge in [-0.15, -0.1) is 0 Å². The van der Waals surface area contributed by atoms with E-state index in [9.17, 15) is 4.79 Å². The van der Waals surface area contributed by atoms with E-state index >= 15 is 0 Å². The van der Waals surface area contributed by atoms with Crippen LogP contribution in [-0.2, 0) is 4.79 Å². The van der Waals surface area contributed by atoms with E-state index in [1.807, 2.05) is 6.07 Å². The first-order valence-corrected chi connectivity index (χ1v) is 5.61. The lowest BCUT2D eigenvalue weighted by Gasteiger charge is -2.14. The molecule has 2 aliphatic carbocycles. The monoisotopic (exact) mass is 207 g/mol. The summed E-state index contributed by atoms with van der Waals surface area (Å²) in [6.07, 6.45) is 5.40. The highest BCUT2D eigenvalue weighted by Crippen LogP contribution is 2.60. The van der Waals surface area contributed by atoms with Crippen molar-refractivity contribution in [2.24, 2.45) is 11.3 Å². The molecule has 2 aliphatic rings. The van der Waals surface area contributed by atoms with E-state index in [-0.39, 0.29) is 12.5 Å². The van der Waals surface area contributed by atoms with Crippen LogP contribution in [0.4, 0.5) is 0 Å². The van der Waals surface area contributed by atoms with E-state index in [0.717, 1.165) is 12.5 Å². The summed E-state index contributed by atoms with van der Waals surface area (Å²) < 4.78 is 0. The molecule has 2 rings (SSSR count). The second kappa shape index (κ2) is 4.19. The summed E-state index contributed by atoms with van der Waals surface area (Å²) in [7, 11) is 0. The molecule has 0 aliphatic heterocycles. The number of rotatable bonds is 6. The van der Waals surface area contributed by atoms with Crippen LogP contribution in [0.5, 0.6) is 0 Å². The molecule has 2 fully saturated rings. The number of carbonyl (C=O) groups is 1. The van der Waals surface area contributed by atoms with E-state index in [1.165, 1.54) is 25.7 Å². The minimum Gasteiger partial charge on any atom is -0.342 e. The Kier molecular flexibility index (Phi) is 2.92. The molecule has 1 amide bonds. The average Bonchev–Trinajstić information content (AvgIpc) is 3.04. The van der Waals surface area contributed by atoms with E-state index in [2.05, 4.69) is 10.6 Å². The number of nitrogens with one attached hydrogen (secondary N) is 2. The summed E-state index contributed by atoms with van der Waals surface area (Å²) in [4.78, 5) is 11.2. The van der Waals surface area contributed by atoms with Crippen LogP contribution in [0.3, 0.4) is 0 Å². The topological polar surface area (TPSA) is 64.9 Å². The Balaban J connectivity index is 1.58. The Hall–Kier alpha value is -1.08. The summed E-state index contributed by atoms with van der Waals surface area (Å²) in [6, 6.07) is 1.89. The number of amides is 1. The predicted molar refractivity (Wildman–Crippen MR) is 55.9 cm³/mol. The van der Waals surface area contributed by atoms with Gasteiger partial charge in [0.15, 0.2) is 0 Å². The van der Waals surface area contributed by atoms with Gasteiger partial charge in [-0.3, -0.25) is 4.79 Å². The van der Waals surface area contributed by atoms with Gasteiger partial charge in [-0.25, -0.2) is 0 Å². The SMILES string of the molecule is N#CCNC(=O)CNCC1(C2CC2)CC1. The Morgan fingerprint density at radius 3 is 2.73 bits per heavy atom. The normalized spacial score (nSPS) is 21.8. The maximum absolute atomic E-state index is 11.2. The van der Waals surface area contributed by atoms with Crippen LogP contribution in [0, 0.1) is 22.7 Å². The van der Waals surface area contributed by atoms with Crippen LogP contribution in [0.2, 0.25) is 0 Å². The van der Waals surface area contributed by atoms with Crippen LogP contribution in [0.1, 0.15) is 25.7 Å². The number of hydrogen-bond donors (Lipinski definition) is 2. The van der Waals surface area contributed by atoms with Gasteiger partial charge >= 0.3 is 0 Å². The van der Waals surface area contributed by atoms with Crippen molar-refractivity contribution in [1.29, 1.82) is 5.26 Å². The number of carbonyl (C=O) groups excluding carboxylic acids is 1. The highest BCUT2D eigenvalue weighted by atomic mass is 16.1. The zero-order chi connectivity index (χ0) is 10.7.